The number of amides is 1. The molecule has 1 saturated heterocycles. The van der Waals surface area contributed by atoms with E-state index < -0.39 is 0 Å². The van der Waals surface area contributed by atoms with Gasteiger partial charge in [-0.2, -0.15) is 0 Å². The molecule has 3 heterocycles. The van der Waals surface area contributed by atoms with E-state index in [0.717, 1.165) is 27.8 Å². The molecule has 166 valence electrons. The quantitative estimate of drug-likeness (QED) is 0.417. The normalized spacial score (nSPS) is 17.8. The van der Waals surface area contributed by atoms with Gasteiger partial charge >= 0.3 is 0 Å². The topological polar surface area (TPSA) is 62.2 Å². The van der Waals surface area contributed by atoms with Gasteiger partial charge in [0.1, 0.15) is 0 Å². The summed E-state index contributed by atoms with van der Waals surface area (Å²) in [6.45, 7) is 0.502. The first-order valence-electron chi connectivity index (χ1n) is 11.0. The number of hydrogen-bond donors (Lipinski definition) is 2. The first kappa shape index (κ1) is 21.2. The van der Waals surface area contributed by atoms with Gasteiger partial charge in [0.15, 0.2) is 5.11 Å². The maximum Gasteiger partial charge on any atom is 0.226 e. The van der Waals surface area contributed by atoms with Crippen LogP contribution >= 0.6 is 12.2 Å². The molecule has 7 heteroatoms. The number of aryl methyl sites for hydroxylation is 1. The predicted octanol–water partition coefficient (Wildman–Crippen LogP) is 4.57. The number of carbonyl (C=O) groups excluding carboxylic acids is 1. The van der Waals surface area contributed by atoms with E-state index in [2.05, 4.69) is 31.2 Å². The Hall–Kier alpha value is -3.71. The van der Waals surface area contributed by atoms with E-state index in [-0.39, 0.29) is 18.0 Å². The van der Waals surface area contributed by atoms with Crippen molar-refractivity contribution in [2.24, 2.45) is 7.05 Å². The SMILES string of the molecule is Cn1cccc1C1C(c2ccccn2)NC(=S)N1CCC(=O)Nc1cccc2ccccc12. The molecular weight excluding hydrogens is 430 g/mol. The molecule has 2 atom stereocenters. The van der Waals surface area contributed by atoms with Crippen molar-refractivity contribution < 1.29 is 4.79 Å². The fraction of sp³-hybridized carbons (Fsp3) is 0.192. The fourth-order valence-corrected chi connectivity index (χ4v) is 4.85. The minimum atomic E-state index is -0.0894. The van der Waals surface area contributed by atoms with Crippen molar-refractivity contribution in [2.75, 3.05) is 11.9 Å². The van der Waals surface area contributed by atoms with Crippen LogP contribution in [0.1, 0.15) is 29.9 Å². The summed E-state index contributed by atoms with van der Waals surface area (Å²) < 4.78 is 2.10. The molecule has 2 unspecified atom stereocenters. The molecule has 4 aromatic rings. The zero-order valence-corrected chi connectivity index (χ0v) is 19.1. The van der Waals surface area contributed by atoms with Gasteiger partial charge in [-0.15, -0.1) is 0 Å². The van der Waals surface area contributed by atoms with Crippen molar-refractivity contribution in [3.63, 3.8) is 0 Å². The van der Waals surface area contributed by atoms with E-state index in [1.54, 1.807) is 6.20 Å². The van der Waals surface area contributed by atoms with E-state index >= 15 is 0 Å². The number of hydrogen-bond acceptors (Lipinski definition) is 3. The number of fused-ring (bicyclic) bond motifs is 1. The molecule has 2 N–H and O–H groups in total. The van der Waals surface area contributed by atoms with Crippen LogP contribution in [0.4, 0.5) is 5.69 Å². The van der Waals surface area contributed by atoms with Gasteiger partial charge in [-0.1, -0.05) is 42.5 Å². The first-order valence-corrected chi connectivity index (χ1v) is 11.4. The summed E-state index contributed by atoms with van der Waals surface area (Å²) >= 11 is 5.70. The predicted molar refractivity (Wildman–Crippen MR) is 135 cm³/mol. The van der Waals surface area contributed by atoms with E-state index in [9.17, 15) is 4.79 Å². The van der Waals surface area contributed by atoms with Crippen LogP contribution in [-0.4, -0.2) is 32.0 Å². The Bertz CT molecular complexity index is 1300. The second-order valence-electron chi connectivity index (χ2n) is 8.19. The van der Waals surface area contributed by atoms with Crippen molar-refractivity contribution in [1.82, 2.24) is 19.8 Å². The highest BCUT2D eigenvalue weighted by molar-refractivity contribution is 7.80. The Morgan fingerprint density at radius 2 is 1.88 bits per heavy atom. The molecule has 2 aromatic heterocycles. The monoisotopic (exact) mass is 455 g/mol. The highest BCUT2D eigenvalue weighted by Gasteiger charge is 2.40. The van der Waals surface area contributed by atoms with Crippen LogP contribution < -0.4 is 10.6 Å². The Morgan fingerprint density at radius 1 is 1.06 bits per heavy atom. The molecule has 1 aliphatic rings. The molecule has 0 spiro atoms. The number of rotatable bonds is 6. The number of carbonyl (C=O) groups is 1. The second kappa shape index (κ2) is 9.03. The fourth-order valence-electron chi connectivity index (χ4n) is 4.52. The van der Waals surface area contributed by atoms with Crippen molar-refractivity contribution in [3.8, 4) is 0 Å². The van der Waals surface area contributed by atoms with Gasteiger partial charge in [-0.05, 0) is 47.9 Å². The molecular formula is C26H25N5OS. The molecule has 0 aliphatic carbocycles. The van der Waals surface area contributed by atoms with Crippen LogP contribution in [0.3, 0.4) is 0 Å². The number of nitrogens with zero attached hydrogens (tertiary/aromatic N) is 3. The molecule has 0 radical (unpaired) electrons. The molecule has 0 bridgehead atoms. The Morgan fingerprint density at radius 3 is 2.67 bits per heavy atom. The third kappa shape index (κ3) is 4.19. The summed E-state index contributed by atoms with van der Waals surface area (Å²) in [5, 5.41) is 9.28. The maximum atomic E-state index is 12.9. The van der Waals surface area contributed by atoms with Crippen LogP contribution in [0.5, 0.6) is 0 Å². The van der Waals surface area contributed by atoms with Crippen molar-refractivity contribution in [1.29, 1.82) is 0 Å². The van der Waals surface area contributed by atoms with Crippen molar-refractivity contribution in [2.45, 2.75) is 18.5 Å². The van der Waals surface area contributed by atoms with Gasteiger partial charge in [-0.3, -0.25) is 9.78 Å². The van der Waals surface area contributed by atoms with Gasteiger partial charge in [-0.25, -0.2) is 0 Å². The summed E-state index contributed by atoms with van der Waals surface area (Å²) in [5.41, 5.74) is 2.87. The summed E-state index contributed by atoms with van der Waals surface area (Å²) in [6.07, 6.45) is 4.14. The van der Waals surface area contributed by atoms with Crippen LogP contribution in [0.25, 0.3) is 10.8 Å². The molecule has 5 rings (SSSR count). The van der Waals surface area contributed by atoms with E-state index in [1.165, 1.54) is 0 Å². The van der Waals surface area contributed by atoms with E-state index in [0.29, 0.717) is 18.1 Å². The molecule has 33 heavy (non-hydrogen) atoms. The number of nitrogens with one attached hydrogen (secondary N) is 2. The second-order valence-corrected chi connectivity index (χ2v) is 8.58. The zero-order valence-electron chi connectivity index (χ0n) is 18.3. The largest absolute Gasteiger partial charge is 0.353 e. The summed E-state index contributed by atoms with van der Waals surface area (Å²) in [6, 6.07) is 23.9. The van der Waals surface area contributed by atoms with Gasteiger partial charge < -0.3 is 20.1 Å². The van der Waals surface area contributed by atoms with Crippen LogP contribution in [-0.2, 0) is 11.8 Å². The molecule has 1 amide bonds. The molecule has 2 aromatic carbocycles. The lowest BCUT2D eigenvalue weighted by Crippen LogP contribution is -2.33. The van der Waals surface area contributed by atoms with E-state index in [4.69, 9.17) is 12.2 Å². The van der Waals surface area contributed by atoms with Gasteiger partial charge in [0, 0.05) is 49.2 Å². The lowest BCUT2D eigenvalue weighted by Gasteiger charge is -2.28. The highest BCUT2D eigenvalue weighted by atomic mass is 32.1. The van der Waals surface area contributed by atoms with Crippen molar-refractivity contribution >= 4 is 39.7 Å². The first-order chi connectivity index (χ1) is 16.1. The zero-order chi connectivity index (χ0) is 22.8. The van der Waals surface area contributed by atoms with Gasteiger partial charge in [0.05, 0.1) is 17.8 Å². The summed E-state index contributed by atoms with van der Waals surface area (Å²) in [7, 11) is 2.03. The smallest absolute Gasteiger partial charge is 0.226 e. The average molecular weight is 456 g/mol. The Kier molecular flexibility index (Phi) is 5.79. The van der Waals surface area contributed by atoms with Gasteiger partial charge in [0.25, 0.3) is 0 Å². The van der Waals surface area contributed by atoms with Crippen LogP contribution in [0, 0.1) is 0 Å². The maximum absolute atomic E-state index is 12.9. The molecule has 6 nitrogen and oxygen atoms in total. The van der Waals surface area contributed by atoms with Gasteiger partial charge in [0.2, 0.25) is 5.91 Å². The lowest BCUT2D eigenvalue weighted by atomic mass is 10.0. The van der Waals surface area contributed by atoms with Crippen LogP contribution in [0.15, 0.2) is 85.2 Å². The highest BCUT2D eigenvalue weighted by Crippen LogP contribution is 2.38. The molecule has 0 saturated carbocycles. The minimum Gasteiger partial charge on any atom is -0.353 e. The standard InChI is InChI=1S/C26H25N5OS/c1-30-16-7-13-22(30)25-24(21-11-4-5-15-27-21)29-26(33)31(25)17-14-23(32)28-20-12-6-9-18-8-2-3-10-19(18)20/h2-13,15-16,24-25H,14,17H2,1H3,(H,28,32)(H,29,33). The molecule has 1 fully saturated rings. The summed E-state index contributed by atoms with van der Waals surface area (Å²) in [5.74, 6) is -0.0407. The number of benzene rings is 2. The van der Waals surface area contributed by atoms with Crippen molar-refractivity contribution in [3.05, 3.63) is 96.6 Å². The number of aromatic nitrogens is 2. The van der Waals surface area contributed by atoms with Crippen LogP contribution in [0.2, 0.25) is 0 Å². The van der Waals surface area contributed by atoms with E-state index in [1.807, 2.05) is 80.0 Å². The summed E-state index contributed by atoms with van der Waals surface area (Å²) in [4.78, 5) is 19.6. The Labute approximate surface area is 198 Å². The lowest BCUT2D eigenvalue weighted by molar-refractivity contribution is -0.116. The molecule has 1 aliphatic heterocycles. The average Bonchev–Trinajstić information content (AvgIpc) is 3.40. The number of anilines is 1. The minimum absolute atomic E-state index is 0.0407. The number of pyridine rings is 1. The Balaban J connectivity index is 1.36. The third-order valence-corrected chi connectivity index (χ3v) is 6.48. The third-order valence-electron chi connectivity index (χ3n) is 6.13. The number of thiocarbonyl (C=S) groups is 1.